The highest BCUT2D eigenvalue weighted by Crippen LogP contribution is 2.27. The number of nitriles is 1. The molecule has 2 aromatic carbocycles. The zero-order valence-corrected chi connectivity index (χ0v) is 11.8. The maximum Gasteiger partial charge on any atom is 0.124 e. The Morgan fingerprint density at radius 3 is 2.74 bits per heavy atom. The van der Waals surface area contributed by atoms with E-state index in [1.54, 1.807) is 18.2 Å². The Morgan fingerprint density at radius 1 is 1.21 bits per heavy atom. The predicted molar refractivity (Wildman–Crippen MR) is 76.7 cm³/mol. The number of nitrogens with zero attached hydrogens (tertiary/aromatic N) is 1. The van der Waals surface area contributed by atoms with Crippen LogP contribution in [0.1, 0.15) is 16.7 Å². The van der Waals surface area contributed by atoms with Crippen LogP contribution in [0.2, 0.25) is 10.0 Å². The molecule has 0 aliphatic carbocycles. The second kappa shape index (κ2) is 5.97. The molecule has 0 heterocycles. The van der Waals surface area contributed by atoms with Crippen LogP contribution in [-0.2, 0) is 6.61 Å². The summed E-state index contributed by atoms with van der Waals surface area (Å²) >= 11 is 12.0. The van der Waals surface area contributed by atoms with Crippen molar-refractivity contribution in [3.05, 3.63) is 63.1 Å². The SMILES string of the molecule is Cc1ccc(C#N)cc1OCc1cccc(Cl)c1Cl. The van der Waals surface area contributed by atoms with Crippen molar-refractivity contribution in [1.29, 1.82) is 5.26 Å². The zero-order valence-electron chi connectivity index (χ0n) is 10.3. The molecule has 2 rings (SSSR count). The first-order valence-corrected chi connectivity index (χ1v) is 6.44. The number of hydrogen-bond donors (Lipinski definition) is 0. The second-order valence-electron chi connectivity index (χ2n) is 4.09. The molecule has 0 saturated heterocycles. The summed E-state index contributed by atoms with van der Waals surface area (Å²) in [5, 5.41) is 9.88. The minimum atomic E-state index is 0.315. The molecule has 0 aliphatic heterocycles. The zero-order chi connectivity index (χ0) is 13.8. The van der Waals surface area contributed by atoms with Crippen LogP contribution in [0.15, 0.2) is 36.4 Å². The standard InChI is InChI=1S/C15H11Cl2NO/c1-10-5-6-11(8-18)7-14(10)19-9-12-3-2-4-13(16)15(12)17/h2-7H,9H2,1H3. The van der Waals surface area contributed by atoms with Crippen LogP contribution >= 0.6 is 23.2 Å². The van der Waals surface area contributed by atoms with Gasteiger partial charge < -0.3 is 4.74 Å². The van der Waals surface area contributed by atoms with E-state index in [-0.39, 0.29) is 0 Å². The molecular weight excluding hydrogens is 281 g/mol. The number of rotatable bonds is 3. The van der Waals surface area contributed by atoms with Crippen LogP contribution in [0.3, 0.4) is 0 Å². The van der Waals surface area contributed by atoms with Gasteiger partial charge in [-0.1, -0.05) is 41.4 Å². The first kappa shape index (κ1) is 13.7. The van der Waals surface area contributed by atoms with Gasteiger partial charge in [-0.15, -0.1) is 0 Å². The molecule has 0 bridgehead atoms. The summed E-state index contributed by atoms with van der Waals surface area (Å²) in [5.74, 6) is 0.676. The molecule has 96 valence electrons. The molecule has 0 aliphatic rings. The molecule has 4 heteroatoms. The lowest BCUT2D eigenvalue weighted by atomic mass is 10.1. The average molecular weight is 292 g/mol. The van der Waals surface area contributed by atoms with Crippen molar-refractivity contribution in [3.8, 4) is 11.8 Å². The van der Waals surface area contributed by atoms with Crippen LogP contribution in [0.4, 0.5) is 0 Å². The Morgan fingerprint density at radius 2 is 2.00 bits per heavy atom. The van der Waals surface area contributed by atoms with Crippen LogP contribution in [0, 0.1) is 18.3 Å². The molecule has 0 spiro atoms. The minimum Gasteiger partial charge on any atom is -0.489 e. The summed E-state index contributed by atoms with van der Waals surface area (Å²) in [5.41, 5.74) is 2.35. The number of ether oxygens (including phenoxy) is 1. The fourth-order valence-electron chi connectivity index (χ4n) is 1.64. The van der Waals surface area contributed by atoms with Crippen LogP contribution in [0.5, 0.6) is 5.75 Å². The van der Waals surface area contributed by atoms with E-state index in [0.717, 1.165) is 11.1 Å². The van der Waals surface area contributed by atoms with E-state index < -0.39 is 0 Å². The van der Waals surface area contributed by atoms with Gasteiger partial charge in [-0.2, -0.15) is 5.26 Å². The second-order valence-corrected chi connectivity index (χ2v) is 4.88. The first-order valence-electron chi connectivity index (χ1n) is 5.68. The molecule has 0 saturated carbocycles. The summed E-state index contributed by atoms with van der Waals surface area (Å²) in [6.45, 7) is 2.24. The Kier molecular flexibility index (Phi) is 4.31. The number of hydrogen-bond acceptors (Lipinski definition) is 2. The largest absolute Gasteiger partial charge is 0.489 e. The van der Waals surface area contributed by atoms with Gasteiger partial charge in [-0.05, 0) is 30.7 Å². The molecule has 0 atom stereocenters. The van der Waals surface area contributed by atoms with E-state index in [9.17, 15) is 0 Å². The Balaban J connectivity index is 2.19. The van der Waals surface area contributed by atoms with Crippen molar-refractivity contribution in [2.45, 2.75) is 13.5 Å². The van der Waals surface area contributed by atoms with E-state index in [0.29, 0.717) is 28.0 Å². The van der Waals surface area contributed by atoms with Crippen molar-refractivity contribution in [2.75, 3.05) is 0 Å². The first-order chi connectivity index (χ1) is 9.11. The summed E-state index contributed by atoms with van der Waals surface area (Å²) in [4.78, 5) is 0. The van der Waals surface area contributed by atoms with E-state index >= 15 is 0 Å². The third kappa shape index (κ3) is 3.20. The number of halogens is 2. The molecule has 0 N–H and O–H groups in total. The molecule has 0 aromatic heterocycles. The minimum absolute atomic E-state index is 0.315. The third-order valence-corrected chi connectivity index (χ3v) is 3.59. The lowest BCUT2D eigenvalue weighted by molar-refractivity contribution is 0.304. The number of aryl methyl sites for hydroxylation is 1. The van der Waals surface area contributed by atoms with Gasteiger partial charge in [-0.25, -0.2) is 0 Å². The normalized spacial score (nSPS) is 10.0. The molecule has 0 fully saturated rings. The third-order valence-electron chi connectivity index (χ3n) is 2.73. The van der Waals surface area contributed by atoms with Crippen molar-refractivity contribution in [2.24, 2.45) is 0 Å². The maximum atomic E-state index is 8.87. The van der Waals surface area contributed by atoms with Crippen molar-refractivity contribution in [1.82, 2.24) is 0 Å². The fraction of sp³-hybridized carbons (Fsp3) is 0.133. The van der Waals surface area contributed by atoms with Crippen LogP contribution in [-0.4, -0.2) is 0 Å². The predicted octanol–water partition coefficient (Wildman–Crippen LogP) is 4.75. The van der Waals surface area contributed by atoms with E-state index in [4.69, 9.17) is 33.2 Å². The quantitative estimate of drug-likeness (QED) is 0.817. The smallest absolute Gasteiger partial charge is 0.124 e. The lowest BCUT2D eigenvalue weighted by Crippen LogP contribution is -1.98. The Bertz CT molecular complexity index is 647. The highest BCUT2D eigenvalue weighted by atomic mass is 35.5. The van der Waals surface area contributed by atoms with Gasteiger partial charge in [0, 0.05) is 5.56 Å². The van der Waals surface area contributed by atoms with E-state index in [2.05, 4.69) is 6.07 Å². The topological polar surface area (TPSA) is 33.0 Å². The fourth-order valence-corrected chi connectivity index (χ4v) is 2.02. The molecule has 0 unspecified atom stereocenters. The molecule has 19 heavy (non-hydrogen) atoms. The molecular formula is C15H11Cl2NO. The maximum absolute atomic E-state index is 8.87. The highest BCUT2D eigenvalue weighted by Gasteiger charge is 2.07. The lowest BCUT2D eigenvalue weighted by Gasteiger charge is -2.11. The Hall–Kier alpha value is -1.69. The van der Waals surface area contributed by atoms with Gasteiger partial charge in [0.1, 0.15) is 12.4 Å². The van der Waals surface area contributed by atoms with Crippen molar-refractivity contribution in [3.63, 3.8) is 0 Å². The summed E-state index contributed by atoms with van der Waals surface area (Å²) in [6, 6.07) is 12.8. The molecule has 2 aromatic rings. The van der Waals surface area contributed by atoms with Crippen molar-refractivity contribution < 1.29 is 4.74 Å². The summed E-state index contributed by atoms with van der Waals surface area (Å²) < 4.78 is 5.71. The Labute approximate surface area is 122 Å². The van der Waals surface area contributed by atoms with Gasteiger partial charge in [0.25, 0.3) is 0 Å². The van der Waals surface area contributed by atoms with Gasteiger partial charge in [0.2, 0.25) is 0 Å². The van der Waals surface area contributed by atoms with Gasteiger partial charge in [-0.3, -0.25) is 0 Å². The van der Waals surface area contributed by atoms with Gasteiger partial charge >= 0.3 is 0 Å². The number of benzene rings is 2. The van der Waals surface area contributed by atoms with Crippen LogP contribution in [0.25, 0.3) is 0 Å². The van der Waals surface area contributed by atoms with Gasteiger partial charge in [0.15, 0.2) is 0 Å². The molecule has 2 nitrogen and oxygen atoms in total. The molecule has 0 radical (unpaired) electrons. The molecule has 0 amide bonds. The van der Waals surface area contributed by atoms with E-state index in [1.807, 2.05) is 25.1 Å². The van der Waals surface area contributed by atoms with Gasteiger partial charge in [0.05, 0.1) is 21.7 Å². The van der Waals surface area contributed by atoms with Crippen LogP contribution < -0.4 is 4.74 Å². The highest BCUT2D eigenvalue weighted by molar-refractivity contribution is 6.42. The van der Waals surface area contributed by atoms with Crippen molar-refractivity contribution >= 4 is 23.2 Å². The summed E-state index contributed by atoms with van der Waals surface area (Å²) in [7, 11) is 0. The average Bonchev–Trinajstić information content (AvgIpc) is 2.42. The summed E-state index contributed by atoms with van der Waals surface area (Å²) in [6.07, 6.45) is 0. The monoisotopic (exact) mass is 291 g/mol. The van der Waals surface area contributed by atoms with E-state index in [1.165, 1.54) is 0 Å².